The van der Waals surface area contributed by atoms with Crippen LogP contribution in [-0.2, 0) is 19.9 Å². The topological polar surface area (TPSA) is 106 Å². The van der Waals surface area contributed by atoms with E-state index in [2.05, 4.69) is 4.72 Å². The van der Waals surface area contributed by atoms with Gasteiger partial charge in [0.1, 0.15) is 0 Å². The fraction of sp³-hybridized carbons (Fsp3) is 0.455. The van der Waals surface area contributed by atoms with Crippen LogP contribution in [-0.4, -0.2) is 35.2 Å². The van der Waals surface area contributed by atoms with Gasteiger partial charge in [-0.25, -0.2) is 21.6 Å². The van der Waals surface area contributed by atoms with E-state index >= 15 is 0 Å². The Labute approximate surface area is 126 Å². The molecule has 0 fully saturated rings. The monoisotopic (exact) mass is 342 g/mol. The van der Waals surface area contributed by atoms with E-state index in [1.54, 1.807) is 13.8 Å². The molecule has 0 saturated heterocycles. The van der Waals surface area contributed by atoms with Gasteiger partial charge in [0.15, 0.2) is 9.84 Å². The highest BCUT2D eigenvalue weighted by Crippen LogP contribution is 2.15. The first-order valence-corrected chi connectivity index (χ1v) is 8.88. The molecule has 0 heterocycles. The van der Waals surface area contributed by atoms with E-state index in [4.69, 9.17) is 5.73 Å². The quantitative estimate of drug-likeness (QED) is 0.811. The molecule has 0 atom stereocenters. The summed E-state index contributed by atoms with van der Waals surface area (Å²) >= 11 is 0. The molecule has 0 radical (unpaired) electrons. The highest BCUT2D eigenvalue weighted by atomic mass is 35.5. The smallest absolute Gasteiger partial charge is 0.240 e. The van der Waals surface area contributed by atoms with Crippen molar-refractivity contribution in [2.75, 3.05) is 12.8 Å². The molecule has 20 heavy (non-hydrogen) atoms. The van der Waals surface area contributed by atoms with Crippen molar-refractivity contribution in [2.45, 2.75) is 29.2 Å². The number of nitrogens with two attached hydrogens (primary N) is 1. The third-order valence-corrected chi connectivity index (χ3v) is 4.77. The summed E-state index contributed by atoms with van der Waals surface area (Å²) in [4.78, 5) is -0.137. The lowest BCUT2D eigenvalue weighted by molar-refractivity contribution is 0.498. The zero-order valence-corrected chi connectivity index (χ0v) is 13.9. The zero-order valence-electron chi connectivity index (χ0n) is 11.5. The van der Waals surface area contributed by atoms with Gasteiger partial charge in [-0.15, -0.1) is 12.4 Å². The lowest BCUT2D eigenvalue weighted by atomic mass is 10.1. The fourth-order valence-electron chi connectivity index (χ4n) is 1.24. The van der Waals surface area contributed by atoms with Gasteiger partial charge < -0.3 is 5.73 Å². The third kappa shape index (κ3) is 5.76. The van der Waals surface area contributed by atoms with Gasteiger partial charge in [0, 0.05) is 18.3 Å². The minimum absolute atomic E-state index is 0. The normalized spacial score (nSPS) is 12.8. The summed E-state index contributed by atoms with van der Waals surface area (Å²) in [7, 11) is -7.22. The molecule has 1 rings (SSSR count). The molecule has 0 aromatic heterocycles. The predicted molar refractivity (Wildman–Crippen MR) is 80.3 cm³/mol. The summed E-state index contributed by atoms with van der Waals surface area (Å²) in [6, 6.07) is 5.20. The fourth-order valence-corrected chi connectivity index (χ4v) is 3.25. The number of benzene rings is 1. The Morgan fingerprint density at radius 2 is 1.65 bits per heavy atom. The van der Waals surface area contributed by atoms with Crippen LogP contribution in [0.5, 0.6) is 0 Å². The van der Waals surface area contributed by atoms with Gasteiger partial charge >= 0.3 is 0 Å². The maximum atomic E-state index is 12.0. The van der Waals surface area contributed by atoms with Crippen LogP contribution < -0.4 is 10.5 Å². The van der Waals surface area contributed by atoms with Gasteiger partial charge in [-0.1, -0.05) is 6.07 Å². The Bertz CT molecular complexity index is 664. The largest absolute Gasteiger partial charge is 0.324 e. The molecule has 0 saturated carbocycles. The molecule has 9 heteroatoms. The van der Waals surface area contributed by atoms with Gasteiger partial charge in [-0.05, 0) is 32.0 Å². The number of rotatable bonds is 5. The number of sulfone groups is 1. The first-order valence-electron chi connectivity index (χ1n) is 5.50. The van der Waals surface area contributed by atoms with E-state index in [-0.39, 0.29) is 28.7 Å². The van der Waals surface area contributed by atoms with Crippen LogP contribution in [0.25, 0.3) is 0 Å². The summed E-state index contributed by atoms with van der Waals surface area (Å²) in [6.45, 7) is 3.42. The van der Waals surface area contributed by atoms with Gasteiger partial charge in [0.25, 0.3) is 0 Å². The summed E-state index contributed by atoms with van der Waals surface area (Å²) in [6.07, 6.45) is 1.02. The van der Waals surface area contributed by atoms with Crippen molar-refractivity contribution in [3.05, 3.63) is 24.3 Å². The standard InChI is InChI=1S/C11H18N2O4S2.ClH/c1-11(2,12)8-13-19(16,17)10-6-4-5-9(7-10)18(3,14)15;/h4-7,13H,8,12H2,1-3H3;1H. The molecule has 0 aliphatic heterocycles. The van der Waals surface area contributed by atoms with Gasteiger partial charge in [-0.3, -0.25) is 0 Å². The second-order valence-electron chi connectivity index (χ2n) is 5.06. The van der Waals surface area contributed by atoms with Crippen LogP contribution in [0.1, 0.15) is 13.8 Å². The molecule has 6 nitrogen and oxygen atoms in total. The van der Waals surface area contributed by atoms with Crippen molar-refractivity contribution in [3.63, 3.8) is 0 Å². The Morgan fingerprint density at radius 3 is 2.10 bits per heavy atom. The van der Waals surface area contributed by atoms with E-state index in [0.717, 1.165) is 12.3 Å². The van der Waals surface area contributed by atoms with Crippen LogP contribution in [0.4, 0.5) is 0 Å². The predicted octanol–water partition coefficient (Wildman–Crippen LogP) is 0.528. The molecule has 0 bridgehead atoms. The van der Waals surface area contributed by atoms with Gasteiger partial charge in [-0.2, -0.15) is 0 Å². The summed E-state index contributed by atoms with van der Waals surface area (Å²) in [5.41, 5.74) is 5.00. The van der Waals surface area contributed by atoms with Crippen molar-refractivity contribution in [3.8, 4) is 0 Å². The molecular formula is C11H19ClN2O4S2. The Kier molecular flexibility index (Phi) is 6.18. The first kappa shape index (κ1) is 19.3. The first-order chi connectivity index (χ1) is 8.42. The lowest BCUT2D eigenvalue weighted by Crippen LogP contribution is -2.45. The minimum Gasteiger partial charge on any atom is -0.324 e. The van der Waals surface area contributed by atoms with Crippen LogP contribution in [0.2, 0.25) is 0 Å². The second-order valence-corrected chi connectivity index (χ2v) is 8.84. The molecule has 116 valence electrons. The highest BCUT2D eigenvalue weighted by molar-refractivity contribution is 7.91. The Balaban J connectivity index is 0.00000361. The Hall–Kier alpha value is -0.670. The van der Waals surface area contributed by atoms with E-state index in [1.165, 1.54) is 18.2 Å². The average Bonchev–Trinajstić information content (AvgIpc) is 2.25. The molecule has 3 N–H and O–H groups in total. The van der Waals surface area contributed by atoms with Crippen molar-refractivity contribution >= 4 is 32.3 Å². The average molecular weight is 343 g/mol. The van der Waals surface area contributed by atoms with Crippen molar-refractivity contribution in [1.82, 2.24) is 4.72 Å². The highest BCUT2D eigenvalue weighted by Gasteiger charge is 2.20. The van der Waals surface area contributed by atoms with Crippen molar-refractivity contribution < 1.29 is 16.8 Å². The molecular weight excluding hydrogens is 324 g/mol. The molecule has 0 unspecified atom stereocenters. The van der Waals surface area contributed by atoms with Gasteiger partial charge in [0.05, 0.1) is 9.79 Å². The second kappa shape index (κ2) is 6.40. The van der Waals surface area contributed by atoms with E-state index in [9.17, 15) is 16.8 Å². The maximum absolute atomic E-state index is 12.0. The van der Waals surface area contributed by atoms with Crippen LogP contribution >= 0.6 is 12.4 Å². The van der Waals surface area contributed by atoms with Crippen LogP contribution in [0, 0.1) is 0 Å². The number of hydrogen-bond acceptors (Lipinski definition) is 5. The summed E-state index contributed by atoms with van der Waals surface area (Å²) in [5, 5.41) is 0. The molecule has 0 spiro atoms. The number of sulfonamides is 1. The van der Waals surface area contributed by atoms with E-state index < -0.39 is 25.4 Å². The number of halogens is 1. The zero-order chi connectivity index (χ0) is 14.9. The number of nitrogens with one attached hydrogen (secondary N) is 1. The lowest BCUT2D eigenvalue weighted by Gasteiger charge is -2.19. The SMILES string of the molecule is CC(C)(N)CNS(=O)(=O)c1cccc(S(C)(=O)=O)c1.Cl. The Morgan fingerprint density at radius 1 is 1.15 bits per heavy atom. The van der Waals surface area contributed by atoms with Crippen molar-refractivity contribution in [2.24, 2.45) is 5.73 Å². The molecule has 0 amide bonds. The summed E-state index contributed by atoms with van der Waals surface area (Å²) < 4.78 is 49.1. The van der Waals surface area contributed by atoms with Crippen LogP contribution in [0.15, 0.2) is 34.1 Å². The summed E-state index contributed by atoms with van der Waals surface area (Å²) in [5.74, 6) is 0. The number of hydrogen-bond donors (Lipinski definition) is 2. The molecule has 1 aromatic rings. The molecule has 0 aliphatic rings. The van der Waals surface area contributed by atoms with E-state index in [1.807, 2.05) is 0 Å². The third-order valence-electron chi connectivity index (χ3n) is 2.26. The molecule has 0 aliphatic carbocycles. The van der Waals surface area contributed by atoms with Gasteiger partial charge in [0.2, 0.25) is 10.0 Å². The minimum atomic E-state index is -3.77. The van der Waals surface area contributed by atoms with Crippen LogP contribution in [0.3, 0.4) is 0 Å². The molecule has 1 aromatic carbocycles. The van der Waals surface area contributed by atoms with Crippen molar-refractivity contribution in [1.29, 1.82) is 0 Å². The maximum Gasteiger partial charge on any atom is 0.240 e. The van der Waals surface area contributed by atoms with E-state index in [0.29, 0.717) is 0 Å².